The van der Waals surface area contributed by atoms with Crippen molar-refractivity contribution in [3.63, 3.8) is 0 Å². The van der Waals surface area contributed by atoms with Gasteiger partial charge >= 0.3 is 0 Å². The minimum atomic E-state index is -0.179. The highest BCUT2D eigenvalue weighted by atomic mass is 19.1. The van der Waals surface area contributed by atoms with Gasteiger partial charge in [-0.2, -0.15) is 0 Å². The van der Waals surface area contributed by atoms with Gasteiger partial charge in [-0.05, 0) is 79.6 Å². The van der Waals surface area contributed by atoms with Gasteiger partial charge in [-0.3, -0.25) is 4.98 Å². The molecule has 130 valence electrons. The van der Waals surface area contributed by atoms with Crippen molar-refractivity contribution in [2.24, 2.45) is 0 Å². The first-order valence-electron chi connectivity index (χ1n) is 9.37. The first-order valence-corrected chi connectivity index (χ1v) is 9.37. The summed E-state index contributed by atoms with van der Waals surface area (Å²) in [5.41, 5.74) is 7.47. The summed E-state index contributed by atoms with van der Waals surface area (Å²) in [7, 11) is 2.15. The first-order chi connectivity index (χ1) is 12.2. The molecule has 1 aromatic carbocycles. The summed E-state index contributed by atoms with van der Waals surface area (Å²) in [5.74, 6) is -0.179. The summed E-state index contributed by atoms with van der Waals surface area (Å²) in [4.78, 5) is 7.39. The number of benzene rings is 1. The van der Waals surface area contributed by atoms with E-state index in [2.05, 4.69) is 24.1 Å². The van der Waals surface area contributed by atoms with Gasteiger partial charge in [-0.1, -0.05) is 24.6 Å². The molecule has 0 radical (unpaired) electrons. The van der Waals surface area contributed by atoms with E-state index in [0.717, 1.165) is 43.6 Å². The molecule has 25 heavy (non-hydrogen) atoms. The topological polar surface area (TPSA) is 16.1 Å². The predicted octanol–water partition coefficient (Wildman–Crippen LogP) is 4.88. The van der Waals surface area contributed by atoms with E-state index in [4.69, 9.17) is 4.98 Å². The normalized spacial score (nSPS) is 18.4. The van der Waals surface area contributed by atoms with E-state index < -0.39 is 0 Å². The molecule has 0 amide bonds. The average molecular weight is 336 g/mol. The van der Waals surface area contributed by atoms with Crippen LogP contribution in [-0.2, 0) is 12.8 Å². The Kier molecular flexibility index (Phi) is 4.67. The first kappa shape index (κ1) is 16.5. The van der Waals surface area contributed by atoms with Crippen LogP contribution in [0.3, 0.4) is 0 Å². The molecule has 0 unspecified atom stereocenters. The van der Waals surface area contributed by atoms with Crippen molar-refractivity contribution < 1.29 is 4.39 Å². The molecule has 1 aliphatic carbocycles. The van der Waals surface area contributed by atoms with Crippen molar-refractivity contribution in [2.45, 2.75) is 38.5 Å². The van der Waals surface area contributed by atoms with Crippen LogP contribution in [0, 0.1) is 5.82 Å². The number of nitrogens with zero attached hydrogens (tertiary/aromatic N) is 2. The van der Waals surface area contributed by atoms with Crippen LogP contribution in [0.15, 0.2) is 36.4 Å². The zero-order valence-corrected chi connectivity index (χ0v) is 14.9. The van der Waals surface area contributed by atoms with Gasteiger partial charge < -0.3 is 4.90 Å². The summed E-state index contributed by atoms with van der Waals surface area (Å²) in [6.07, 6.45) is 9.20. The van der Waals surface area contributed by atoms with Crippen molar-refractivity contribution in [2.75, 3.05) is 20.1 Å². The molecule has 2 heterocycles. The molecule has 0 fully saturated rings. The van der Waals surface area contributed by atoms with Crippen LogP contribution >= 0.6 is 0 Å². The van der Waals surface area contributed by atoms with Crippen molar-refractivity contribution in [1.82, 2.24) is 9.88 Å². The highest BCUT2D eigenvalue weighted by molar-refractivity contribution is 5.74. The largest absolute Gasteiger partial charge is 0.302 e. The fraction of sp³-hybridized carbons (Fsp3) is 0.409. The zero-order chi connectivity index (χ0) is 17.2. The molecule has 2 nitrogen and oxygen atoms in total. The SMILES string of the molecule is CN1CC=C(c2cc(-c3ccc(F)cc3)c3c(n2)CCCCC3)CC1. The maximum absolute atomic E-state index is 13.4. The quantitative estimate of drug-likeness (QED) is 0.727. The molecule has 1 aliphatic heterocycles. The van der Waals surface area contributed by atoms with E-state index in [1.165, 1.54) is 41.7 Å². The maximum Gasteiger partial charge on any atom is 0.123 e. The van der Waals surface area contributed by atoms with Crippen molar-refractivity contribution >= 4 is 5.57 Å². The predicted molar refractivity (Wildman–Crippen MR) is 101 cm³/mol. The van der Waals surface area contributed by atoms with Crippen molar-refractivity contribution in [1.29, 1.82) is 0 Å². The van der Waals surface area contributed by atoms with E-state index in [-0.39, 0.29) is 5.82 Å². The van der Waals surface area contributed by atoms with Gasteiger partial charge in [-0.25, -0.2) is 4.39 Å². The van der Waals surface area contributed by atoms with E-state index >= 15 is 0 Å². The van der Waals surface area contributed by atoms with Gasteiger partial charge in [0, 0.05) is 18.8 Å². The van der Waals surface area contributed by atoms with Crippen LogP contribution in [-0.4, -0.2) is 30.0 Å². The van der Waals surface area contributed by atoms with Crippen LogP contribution in [0.25, 0.3) is 16.7 Å². The van der Waals surface area contributed by atoms with Gasteiger partial charge in [0.05, 0.1) is 5.69 Å². The molecule has 0 atom stereocenters. The molecule has 0 N–H and O–H groups in total. The van der Waals surface area contributed by atoms with Crippen LogP contribution in [0.2, 0.25) is 0 Å². The molecule has 0 saturated carbocycles. The Balaban J connectivity index is 1.83. The van der Waals surface area contributed by atoms with Crippen LogP contribution in [0.5, 0.6) is 0 Å². The number of aryl methyl sites for hydroxylation is 1. The van der Waals surface area contributed by atoms with Gasteiger partial charge in [-0.15, -0.1) is 0 Å². The van der Waals surface area contributed by atoms with E-state index in [0.29, 0.717) is 0 Å². The Labute approximate surface area is 149 Å². The summed E-state index contributed by atoms with van der Waals surface area (Å²) in [6, 6.07) is 9.18. The second-order valence-corrected chi connectivity index (χ2v) is 7.29. The van der Waals surface area contributed by atoms with Gasteiger partial charge in [0.15, 0.2) is 0 Å². The van der Waals surface area contributed by atoms with Crippen LogP contribution < -0.4 is 0 Å². The molecule has 2 aliphatic rings. The smallest absolute Gasteiger partial charge is 0.123 e. The molecule has 4 rings (SSSR count). The van der Waals surface area contributed by atoms with E-state index in [9.17, 15) is 4.39 Å². The van der Waals surface area contributed by atoms with Gasteiger partial charge in [0.2, 0.25) is 0 Å². The Morgan fingerprint density at radius 3 is 2.56 bits per heavy atom. The molecular weight excluding hydrogens is 311 g/mol. The average Bonchev–Trinajstić information content (AvgIpc) is 2.88. The third-order valence-electron chi connectivity index (χ3n) is 5.45. The third kappa shape index (κ3) is 3.52. The number of likely N-dealkylation sites (N-methyl/N-ethyl adjacent to an activating group) is 1. The van der Waals surface area contributed by atoms with Crippen molar-refractivity contribution in [3.8, 4) is 11.1 Å². The number of fused-ring (bicyclic) bond motifs is 1. The Morgan fingerprint density at radius 2 is 1.80 bits per heavy atom. The molecule has 0 saturated heterocycles. The number of halogens is 1. The molecule has 0 bridgehead atoms. The van der Waals surface area contributed by atoms with Crippen LogP contribution in [0.4, 0.5) is 4.39 Å². The molecule has 3 heteroatoms. The fourth-order valence-electron chi connectivity index (χ4n) is 3.94. The second-order valence-electron chi connectivity index (χ2n) is 7.29. The highest BCUT2D eigenvalue weighted by Gasteiger charge is 2.19. The minimum absolute atomic E-state index is 0.179. The Hall–Kier alpha value is -2.00. The maximum atomic E-state index is 13.4. The molecule has 1 aromatic heterocycles. The molecule has 2 aromatic rings. The third-order valence-corrected chi connectivity index (χ3v) is 5.45. The lowest BCUT2D eigenvalue weighted by atomic mass is 9.92. The zero-order valence-electron chi connectivity index (χ0n) is 14.9. The minimum Gasteiger partial charge on any atom is -0.302 e. The molecular formula is C22H25FN2. The number of pyridine rings is 1. The summed E-state index contributed by atoms with van der Waals surface area (Å²) in [5, 5.41) is 0. The van der Waals surface area contributed by atoms with Crippen molar-refractivity contribution in [3.05, 3.63) is 59.2 Å². The monoisotopic (exact) mass is 336 g/mol. The second kappa shape index (κ2) is 7.09. The number of hydrogen-bond donors (Lipinski definition) is 0. The number of rotatable bonds is 2. The Bertz CT molecular complexity index is 792. The lowest BCUT2D eigenvalue weighted by Gasteiger charge is -2.23. The standard InChI is InChI=1S/C22H25FN2/c1-25-13-11-17(12-14-25)22-15-20(16-7-9-18(23)10-8-16)19-5-3-2-4-6-21(19)24-22/h7-11,15H,2-6,12-14H2,1H3. The van der Waals surface area contributed by atoms with Crippen LogP contribution in [0.1, 0.15) is 42.6 Å². The van der Waals surface area contributed by atoms with Gasteiger partial charge in [0.1, 0.15) is 5.82 Å². The molecule has 0 spiro atoms. The van der Waals surface area contributed by atoms with E-state index in [1.807, 2.05) is 12.1 Å². The summed E-state index contributed by atoms with van der Waals surface area (Å²) >= 11 is 0. The highest BCUT2D eigenvalue weighted by Crippen LogP contribution is 2.33. The van der Waals surface area contributed by atoms with Gasteiger partial charge in [0.25, 0.3) is 0 Å². The fourth-order valence-corrected chi connectivity index (χ4v) is 3.94. The lowest BCUT2D eigenvalue weighted by molar-refractivity contribution is 0.369. The van der Waals surface area contributed by atoms with E-state index in [1.54, 1.807) is 12.1 Å². The summed E-state index contributed by atoms with van der Waals surface area (Å²) in [6.45, 7) is 2.07. The Morgan fingerprint density at radius 1 is 1.00 bits per heavy atom. The number of hydrogen-bond acceptors (Lipinski definition) is 2. The summed E-state index contributed by atoms with van der Waals surface area (Å²) < 4.78 is 13.4. The number of aromatic nitrogens is 1. The lowest BCUT2D eigenvalue weighted by Crippen LogP contribution is -2.24.